The van der Waals surface area contributed by atoms with Crippen molar-refractivity contribution in [3.63, 3.8) is 0 Å². The second kappa shape index (κ2) is 9.16. The highest BCUT2D eigenvalue weighted by Gasteiger charge is 2.39. The molecule has 0 aliphatic carbocycles. The van der Waals surface area contributed by atoms with Crippen LogP contribution in [0.3, 0.4) is 0 Å². The smallest absolute Gasteiger partial charge is 0.309 e. The molecule has 190 valence electrons. The Balaban J connectivity index is 1.87. The predicted octanol–water partition coefficient (Wildman–Crippen LogP) is 5.54. The fourth-order valence-electron chi connectivity index (χ4n) is 4.15. The van der Waals surface area contributed by atoms with E-state index in [1.165, 1.54) is 44.2 Å². The van der Waals surface area contributed by atoms with E-state index in [-0.39, 0.29) is 34.9 Å². The zero-order valence-corrected chi connectivity index (χ0v) is 20.6. The molecule has 1 N–H and O–H groups in total. The number of benzene rings is 3. The molecule has 0 amide bonds. The van der Waals surface area contributed by atoms with E-state index in [0.29, 0.717) is 11.6 Å². The van der Waals surface area contributed by atoms with Crippen molar-refractivity contribution in [1.82, 2.24) is 0 Å². The molecular formula is C26H24F3NO5S. The third kappa shape index (κ3) is 4.65. The summed E-state index contributed by atoms with van der Waals surface area (Å²) in [5, 5.41) is 9.55. The number of anilines is 1. The van der Waals surface area contributed by atoms with Gasteiger partial charge in [-0.2, -0.15) is 0 Å². The van der Waals surface area contributed by atoms with Crippen LogP contribution in [0.5, 0.6) is 5.75 Å². The van der Waals surface area contributed by atoms with Crippen LogP contribution in [0.25, 0.3) is 11.1 Å². The summed E-state index contributed by atoms with van der Waals surface area (Å²) >= 11 is 0. The first kappa shape index (κ1) is 25.6. The lowest BCUT2D eigenvalue weighted by Gasteiger charge is -2.38. The monoisotopic (exact) mass is 519 g/mol. The maximum Gasteiger partial charge on any atom is 0.309 e. The van der Waals surface area contributed by atoms with E-state index in [1.54, 1.807) is 19.1 Å². The molecule has 4 rings (SSSR count). The zero-order valence-electron chi connectivity index (χ0n) is 19.8. The van der Waals surface area contributed by atoms with Crippen molar-refractivity contribution in [3.8, 4) is 16.9 Å². The Morgan fingerprint density at radius 2 is 1.78 bits per heavy atom. The average Bonchev–Trinajstić information content (AvgIpc) is 2.81. The van der Waals surface area contributed by atoms with Crippen molar-refractivity contribution in [2.24, 2.45) is 5.41 Å². The van der Waals surface area contributed by atoms with Crippen LogP contribution >= 0.6 is 0 Å². The fourth-order valence-corrected chi connectivity index (χ4v) is 5.76. The van der Waals surface area contributed by atoms with E-state index in [2.05, 4.69) is 0 Å². The normalized spacial score (nSPS) is 15.8. The molecule has 36 heavy (non-hydrogen) atoms. The molecule has 1 atom stereocenters. The van der Waals surface area contributed by atoms with Gasteiger partial charge in [-0.25, -0.2) is 21.6 Å². The van der Waals surface area contributed by atoms with Gasteiger partial charge in [0.2, 0.25) is 0 Å². The number of hydrogen-bond acceptors (Lipinski definition) is 4. The highest BCUT2D eigenvalue weighted by atomic mass is 32.2. The maximum atomic E-state index is 14.5. The molecule has 1 aliphatic heterocycles. The summed E-state index contributed by atoms with van der Waals surface area (Å²) in [6.07, 6.45) is -0.826. The van der Waals surface area contributed by atoms with Crippen LogP contribution in [0.2, 0.25) is 0 Å². The highest BCUT2D eigenvalue weighted by molar-refractivity contribution is 7.92. The van der Waals surface area contributed by atoms with Crippen LogP contribution < -0.4 is 9.04 Å². The number of hydrogen-bond donors (Lipinski definition) is 1. The molecule has 6 nitrogen and oxygen atoms in total. The number of ether oxygens (including phenoxy) is 1. The lowest BCUT2D eigenvalue weighted by Crippen LogP contribution is -2.46. The van der Waals surface area contributed by atoms with Crippen LogP contribution in [0.15, 0.2) is 59.5 Å². The predicted molar refractivity (Wildman–Crippen MR) is 128 cm³/mol. The number of halogens is 3. The largest absolute Gasteiger partial charge is 0.486 e. The number of carbonyl (C=O) groups is 1. The third-order valence-electron chi connectivity index (χ3n) is 6.12. The molecule has 1 heterocycles. The number of aliphatic carboxylic acids is 1. The van der Waals surface area contributed by atoms with E-state index in [9.17, 15) is 31.5 Å². The lowest BCUT2D eigenvalue weighted by molar-refractivity contribution is -0.148. The molecule has 0 bridgehead atoms. The molecule has 0 saturated heterocycles. The van der Waals surface area contributed by atoms with Gasteiger partial charge in [-0.3, -0.25) is 9.10 Å². The van der Waals surface area contributed by atoms with Crippen LogP contribution in [0.4, 0.5) is 18.9 Å². The molecule has 0 fully saturated rings. The second-order valence-corrected chi connectivity index (χ2v) is 11.2. The van der Waals surface area contributed by atoms with Gasteiger partial charge in [0.15, 0.2) is 11.6 Å². The van der Waals surface area contributed by atoms with E-state index in [1.807, 2.05) is 0 Å². The number of carboxylic acids is 1. The Morgan fingerprint density at radius 1 is 1.08 bits per heavy atom. The van der Waals surface area contributed by atoms with Crippen LogP contribution in [0, 0.1) is 29.8 Å². The average molecular weight is 520 g/mol. The molecule has 1 aliphatic rings. The molecule has 3 aromatic rings. The van der Waals surface area contributed by atoms with Gasteiger partial charge in [0.25, 0.3) is 10.0 Å². The Kier molecular flexibility index (Phi) is 6.51. The van der Waals surface area contributed by atoms with Gasteiger partial charge in [0.1, 0.15) is 17.7 Å². The summed E-state index contributed by atoms with van der Waals surface area (Å²) in [6.45, 7) is 4.51. The number of fused-ring (bicyclic) bond motifs is 1. The lowest BCUT2D eigenvalue weighted by atomic mass is 9.86. The first-order valence-electron chi connectivity index (χ1n) is 11.1. The van der Waals surface area contributed by atoms with Crippen LogP contribution in [-0.2, 0) is 14.8 Å². The number of carboxylic acid groups (broad SMARTS) is 1. The van der Waals surface area contributed by atoms with Crippen molar-refractivity contribution < 1.29 is 36.2 Å². The van der Waals surface area contributed by atoms with Crippen molar-refractivity contribution in [3.05, 3.63) is 77.6 Å². The molecule has 0 unspecified atom stereocenters. The standard InChI is InChI=1S/C26H24F3NO5S/c1-15-5-4-6-18(11-15)36(33,34)30-14-17(13-26(2,3)25(31)32)35-22-10-7-16(12-21(22)30)23-19(27)8-9-20(28)24(23)29/h4-12,17H,13-14H2,1-3H3,(H,31,32)/t17-/m0/s1. The summed E-state index contributed by atoms with van der Waals surface area (Å²) in [5.41, 5.74) is -1.23. The Bertz CT molecular complexity index is 1460. The number of nitrogens with zero attached hydrogens (tertiary/aromatic N) is 1. The SMILES string of the molecule is Cc1cccc(S(=O)(=O)N2C[C@H](CC(C)(C)C(=O)O)Oc3ccc(-c4c(F)ccc(F)c4F)cc32)c1. The first-order valence-corrected chi connectivity index (χ1v) is 12.5. The first-order chi connectivity index (χ1) is 16.8. The minimum absolute atomic E-state index is 0.00134. The summed E-state index contributed by atoms with van der Waals surface area (Å²) < 4.78 is 77.3. The summed E-state index contributed by atoms with van der Waals surface area (Å²) in [5.74, 6) is -4.65. The van der Waals surface area contributed by atoms with Crippen LogP contribution in [0.1, 0.15) is 25.8 Å². The molecule has 3 aromatic carbocycles. The third-order valence-corrected chi connectivity index (χ3v) is 7.89. The quantitative estimate of drug-likeness (QED) is 0.433. The summed E-state index contributed by atoms with van der Waals surface area (Å²) in [6, 6.07) is 11.5. The Labute approximate surface area is 207 Å². The second-order valence-electron chi connectivity index (χ2n) is 9.39. The van der Waals surface area contributed by atoms with E-state index in [0.717, 1.165) is 10.4 Å². The van der Waals surface area contributed by atoms with Gasteiger partial charge in [-0.15, -0.1) is 0 Å². The van der Waals surface area contributed by atoms with Crippen molar-refractivity contribution in [2.45, 2.75) is 38.2 Å². The van der Waals surface area contributed by atoms with Gasteiger partial charge >= 0.3 is 5.97 Å². The van der Waals surface area contributed by atoms with Crippen LogP contribution in [-0.4, -0.2) is 32.1 Å². The van der Waals surface area contributed by atoms with Gasteiger partial charge in [-0.05, 0) is 68.3 Å². The Hall–Kier alpha value is -3.53. The maximum absolute atomic E-state index is 14.5. The minimum Gasteiger partial charge on any atom is -0.486 e. The molecule has 0 aromatic heterocycles. The van der Waals surface area contributed by atoms with E-state index < -0.39 is 50.5 Å². The highest BCUT2D eigenvalue weighted by Crippen LogP contribution is 2.42. The number of aryl methyl sites for hydroxylation is 1. The molecule has 10 heteroatoms. The fraction of sp³-hybridized carbons (Fsp3) is 0.269. The number of rotatable bonds is 6. The summed E-state index contributed by atoms with van der Waals surface area (Å²) in [7, 11) is -4.19. The molecular weight excluding hydrogens is 495 g/mol. The van der Waals surface area contributed by atoms with E-state index >= 15 is 0 Å². The molecule has 0 radical (unpaired) electrons. The van der Waals surface area contributed by atoms with E-state index in [4.69, 9.17) is 4.74 Å². The van der Waals surface area contributed by atoms with Crippen molar-refractivity contribution in [1.29, 1.82) is 0 Å². The van der Waals surface area contributed by atoms with Gasteiger partial charge in [0, 0.05) is 6.42 Å². The Morgan fingerprint density at radius 3 is 2.44 bits per heavy atom. The van der Waals surface area contributed by atoms with Gasteiger partial charge < -0.3 is 9.84 Å². The minimum atomic E-state index is -4.19. The molecule has 0 saturated carbocycles. The van der Waals surface area contributed by atoms with Gasteiger partial charge in [0.05, 0.1) is 28.1 Å². The topological polar surface area (TPSA) is 83.9 Å². The van der Waals surface area contributed by atoms with Crippen molar-refractivity contribution >= 4 is 21.7 Å². The van der Waals surface area contributed by atoms with Crippen molar-refractivity contribution in [2.75, 3.05) is 10.8 Å². The number of sulfonamides is 1. The van der Waals surface area contributed by atoms with Gasteiger partial charge in [-0.1, -0.05) is 18.2 Å². The molecule has 0 spiro atoms. The summed E-state index contributed by atoms with van der Waals surface area (Å²) in [4.78, 5) is 11.7. The zero-order chi connectivity index (χ0) is 26.4.